The van der Waals surface area contributed by atoms with Crippen LogP contribution in [0.5, 0.6) is 11.5 Å². The molecule has 1 fully saturated rings. The molecule has 1 aromatic rings. The SMILES string of the molecule is CCOC(=O)N1CCC(NC(=O)COC(=O)/C=C/c2ccc3c(c2)OCCO3)CC1. The smallest absolute Gasteiger partial charge is 0.409 e. The van der Waals surface area contributed by atoms with Crippen molar-refractivity contribution in [2.24, 2.45) is 0 Å². The van der Waals surface area contributed by atoms with Crippen LogP contribution in [0.3, 0.4) is 0 Å². The number of benzene rings is 1. The van der Waals surface area contributed by atoms with Crippen LogP contribution in [0, 0.1) is 0 Å². The predicted molar refractivity (Wildman–Crippen MR) is 107 cm³/mol. The van der Waals surface area contributed by atoms with Crippen LogP contribution in [0.2, 0.25) is 0 Å². The summed E-state index contributed by atoms with van der Waals surface area (Å²) in [5, 5.41) is 2.82. The topological polar surface area (TPSA) is 103 Å². The number of hydrogen-bond donors (Lipinski definition) is 1. The third kappa shape index (κ3) is 6.13. The number of amides is 2. The second-order valence-electron chi connectivity index (χ2n) is 6.87. The lowest BCUT2D eigenvalue weighted by atomic mass is 10.1. The normalized spacial score (nSPS) is 16.2. The quantitative estimate of drug-likeness (QED) is 0.554. The van der Waals surface area contributed by atoms with Gasteiger partial charge in [0, 0.05) is 25.2 Å². The van der Waals surface area contributed by atoms with Gasteiger partial charge in [-0.2, -0.15) is 0 Å². The minimum Gasteiger partial charge on any atom is -0.486 e. The Kier molecular flexibility index (Phi) is 7.53. The van der Waals surface area contributed by atoms with Crippen molar-refractivity contribution in [3.05, 3.63) is 29.8 Å². The highest BCUT2D eigenvalue weighted by atomic mass is 16.6. The van der Waals surface area contributed by atoms with Crippen molar-refractivity contribution >= 4 is 24.0 Å². The van der Waals surface area contributed by atoms with Gasteiger partial charge in [0.25, 0.3) is 5.91 Å². The van der Waals surface area contributed by atoms with Crippen LogP contribution in [0.15, 0.2) is 24.3 Å². The minimum absolute atomic E-state index is 0.0601. The standard InChI is InChI=1S/C21H26N2O7/c1-2-27-21(26)23-9-7-16(8-10-23)22-19(24)14-30-20(25)6-4-15-3-5-17-18(13-15)29-12-11-28-17/h3-6,13,16H,2,7-12,14H2,1H3,(H,22,24)/b6-4+. The van der Waals surface area contributed by atoms with E-state index in [1.165, 1.54) is 6.08 Å². The fourth-order valence-electron chi connectivity index (χ4n) is 3.20. The molecule has 2 amide bonds. The number of hydrogen-bond acceptors (Lipinski definition) is 7. The number of fused-ring (bicyclic) bond motifs is 1. The van der Waals surface area contributed by atoms with E-state index in [2.05, 4.69) is 5.32 Å². The molecule has 0 radical (unpaired) electrons. The van der Waals surface area contributed by atoms with Crippen LogP contribution in [-0.2, 0) is 19.1 Å². The van der Waals surface area contributed by atoms with Gasteiger partial charge < -0.3 is 29.2 Å². The first-order chi connectivity index (χ1) is 14.5. The number of piperidine rings is 1. The van der Waals surface area contributed by atoms with E-state index in [4.69, 9.17) is 18.9 Å². The van der Waals surface area contributed by atoms with E-state index in [1.54, 1.807) is 36.1 Å². The molecule has 1 saturated heterocycles. The number of likely N-dealkylation sites (tertiary alicyclic amines) is 1. The first-order valence-electron chi connectivity index (χ1n) is 10.0. The molecule has 0 spiro atoms. The summed E-state index contributed by atoms with van der Waals surface area (Å²) in [4.78, 5) is 37.2. The number of rotatable bonds is 6. The van der Waals surface area contributed by atoms with Gasteiger partial charge in [-0.15, -0.1) is 0 Å². The number of carbonyl (C=O) groups is 3. The Hall–Kier alpha value is -3.23. The van der Waals surface area contributed by atoms with Gasteiger partial charge in [0.05, 0.1) is 6.61 Å². The minimum atomic E-state index is -0.614. The molecule has 9 heteroatoms. The molecule has 2 aliphatic heterocycles. The van der Waals surface area contributed by atoms with E-state index in [0.717, 1.165) is 5.56 Å². The van der Waals surface area contributed by atoms with Gasteiger partial charge >= 0.3 is 12.1 Å². The highest BCUT2D eigenvalue weighted by Gasteiger charge is 2.24. The number of carbonyl (C=O) groups excluding carboxylic acids is 3. The average Bonchev–Trinajstić information content (AvgIpc) is 2.77. The maximum absolute atomic E-state index is 12.0. The average molecular weight is 418 g/mol. The lowest BCUT2D eigenvalue weighted by molar-refractivity contribution is -0.144. The molecule has 0 aliphatic carbocycles. The van der Waals surface area contributed by atoms with Gasteiger partial charge in [-0.05, 0) is 43.5 Å². The van der Waals surface area contributed by atoms with Crippen molar-refractivity contribution in [1.82, 2.24) is 10.2 Å². The van der Waals surface area contributed by atoms with Crippen molar-refractivity contribution in [2.75, 3.05) is 39.5 Å². The summed E-state index contributed by atoms with van der Waals surface area (Å²) in [6.45, 7) is 3.77. The maximum atomic E-state index is 12.0. The Labute approximate surface area is 174 Å². The Morgan fingerprint density at radius 3 is 2.60 bits per heavy atom. The summed E-state index contributed by atoms with van der Waals surface area (Å²) in [6.07, 6.45) is 3.77. The maximum Gasteiger partial charge on any atom is 0.409 e. The number of esters is 1. The first-order valence-corrected chi connectivity index (χ1v) is 10.0. The summed E-state index contributed by atoms with van der Waals surface area (Å²) in [5.41, 5.74) is 0.758. The van der Waals surface area contributed by atoms with E-state index in [1.807, 2.05) is 0 Å². The number of nitrogens with zero attached hydrogens (tertiary/aromatic N) is 1. The highest BCUT2D eigenvalue weighted by Crippen LogP contribution is 2.31. The van der Waals surface area contributed by atoms with Crippen molar-refractivity contribution < 1.29 is 33.3 Å². The van der Waals surface area contributed by atoms with E-state index in [-0.39, 0.29) is 24.6 Å². The Balaban J connectivity index is 1.37. The third-order valence-electron chi connectivity index (χ3n) is 4.71. The molecule has 2 heterocycles. The second-order valence-corrected chi connectivity index (χ2v) is 6.87. The molecule has 0 unspecified atom stereocenters. The number of ether oxygens (including phenoxy) is 4. The predicted octanol–water partition coefficient (Wildman–Crippen LogP) is 1.75. The first kappa shape index (κ1) is 21.5. The monoisotopic (exact) mass is 418 g/mol. The summed E-state index contributed by atoms with van der Waals surface area (Å²) >= 11 is 0. The van der Waals surface area contributed by atoms with Crippen LogP contribution in [0.25, 0.3) is 6.08 Å². The number of nitrogens with one attached hydrogen (secondary N) is 1. The fraction of sp³-hybridized carbons (Fsp3) is 0.476. The molecule has 9 nitrogen and oxygen atoms in total. The van der Waals surface area contributed by atoms with Crippen LogP contribution in [0.4, 0.5) is 4.79 Å². The summed E-state index contributed by atoms with van der Waals surface area (Å²) in [6, 6.07) is 5.29. The van der Waals surface area contributed by atoms with Crippen molar-refractivity contribution in [2.45, 2.75) is 25.8 Å². The van der Waals surface area contributed by atoms with Crippen molar-refractivity contribution in [3.8, 4) is 11.5 Å². The zero-order chi connectivity index (χ0) is 21.3. The van der Waals surface area contributed by atoms with E-state index in [9.17, 15) is 14.4 Å². The fourth-order valence-corrected chi connectivity index (χ4v) is 3.20. The molecule has 1 aromatic carbocycles. The van der Waals surface area contributed by atoms with Gasteiger partial charge in [-0.1, -0.05) is 6.07 Å². The van der Waals surface area contributed by atoms with Crippen LogP contribution < -0.4 is 14.8 Å². The van der Waals surface area contributed by atoms with Gasteiger partial charge in [-0.3, -0.25) is 4.79 Å². The van der Waals surface area contributed by atoms with Gasteiger partial charge in [0.2, 0.25) is 0 Å². The van der Waals surface area contributed by atoms with Crippen LogP contribution in [-0.4, -0.2) is 68.4 Å². The Bertz CT molecular complexity index is 801. The lowest BCUT2D eigenvalue weighted by Gasteiger charge is -2.31. The molecular weight excluding hydrogens is 392 g/mol. The van der Waals surface area contributed by atoms with Gasteiger partial charge in [-0.25, -0.2) is 9.59 Å². The molecular formula is C21H26N2O7. The molecule has 0 bridgehead atoms. The molecule has 0 saturated carbocycles. The summed E-state index contributed by atoms with van der Waals surface area (Å²) < 4.78 is 20.9. The Morgan fingerprint density at radius 1 is 1.13 bits per heavy atom. The summed E-state index contributed by atoms with van der Waals surface area (Å²) in [5.74, 6) is 0.318. The lowest BCUT2D eigenvalue weighted by Crippen LogP contribution is -2.47. The Morgan fingerprint density at radius 2 is 1.87 bits per heavy atom. The summed E-state index contributed by atoms with van der Waals surface area (Å²) in [7, 11) is 0. The zero-order valence-corrected chi connectivity index (χ0v) is 16.9. The van der Waals surface area contributed by atoms with Crippen LogP contribution >= 0.6 is 0 Å². The largest absolute Gasteiger partial charge is 0.486 e. The van der Waals surface area contributed by atoms with Gasteiger partial charge in [0.15, 0.2) is 18.1 Å². The van der Waals surface area contributed by atoms with Gasteiger partial charge in [0.1, 0.15) is 13.2 Å². The van der Waals surface area contributed by atoms with Crippen molar-refractivity contribution in [1.29, 1.82) is 0 Å². The molecule has 3 rings (SSSR count). The van der Waals surface area contributed by atoms with E-state index >= 15 is 0 Å². The second kappa shape index (κ2) is 10.5. The molecule has 162 valence electrons. The molecule has 2 aliphatic rings. The molecule has 0 atom stereocenters. The molecule has 1 N–H and O–H groups in total. The van der Waals surface area contributed by atoms with E-state index < -0.39 is 5.97 Å². The zero-order valence-electron chi connectivity index (χ0n) is 16.9. The van der Waals surface area contributed by atoms with E-state index in [0.29, 0.717) is 57.3 Å². The van der Waals surface area contributed by atoms with Crippen molar-refractivity contribution in [3.63, 3.8) is 0 Å². The molecule has 30 heavy (non-hydrogen) atoms. The molecule has 0 aromatic heterocycles. The van der Waals surface area contributed by atoms with Crippen LogP contribution in [0.1, 0.15) is 25.3 Å². The third-order valence-corrected chi connectivity index (χ3v) is 4.71. The highest BCUT2D eigenvalue weighted by molar-refractivity contribution is 5.89.